The van der Waals surface area contributed by atoms with Crippen molar-refractivity contribution in [1.82, 2.24) is 15.1 Å². The lowest BCUT2D eigenvalue weighted by Crippen LogP contribution is -2.28. The second-order valence-electron chi connectivity index (χ2n) is 7.31. The second-order valence-corrected chi connectivity index (χ2v) is 8.29. The first kappa shape index (κ1) is 17.5. The van der Waals surface area contributed by atoms with Crippen molar-refractivity contribution in [2.45, 2.75) is 39.2 Å². The molecule has 1 aromatic heterocycles. The minimum absolute atomic E-state index is 0.0108. The SMILES string of the molecule is CC(C)(C)c1nnc(NC(=O)C2CC(=O)N(Cc3ccccc3)C2)s1. The Morgan fingerprint density at radius 2 is 2.00 bits per heavy atom. The molecule has 1 aromatic carbocycles. The second kappa shape index (κ2) is 6.92. The van der Waals surface area contributed by atoms with E-state index in [2.05, 4.69) is 36.3 Å². The molecule has 3 rings (SSSR count). The molecule has 1 atom stereocenters. The van der Waals surface area contributed by atoms with Gasteiger partial charge in [0.25, 0.3) is 0 Å². The summed E-state index contributed by atoms with van der Waals surface area (Å²) in [6, 6.07) is 9.80. The van der Waals surface area contributed by atoms with Gasteiger partial charge in [0.15, 0.2) is 0 Å². The zero-order chi connectivity index (χ0) is 18.0. The Morgan fingerprint density at radius 1 is 1.28 bits per heavy atom. The van der Waals surface area contributed by atoms with E-state index in [1.807, 2.05) is 30.3 Å². The Hall–Kier alpha value is -2.28. The van der Waals surface area contributed by atoms with Gasteiger partial charge in [0, 0.05) is 24.9 Å². The molecule has 1 N–H and O–H groups in total. The molecule has 7 heteroatoms. The molecule has 2 aromatic rings. The number of hydrogen-bond acceptors (Lipinski definition) is 5. The van der Waals surface area contributed by atoms with Crippen LogP contribution in [0.25, 0.3) is 0 Å². The minimum Gasteiger partial charge on any atom is -0.338 e. The molecule has 6 nitrogen and oxygen atoms in total. The number of carbonyl (C=O) groups is 2. The largest absolute Gasteiger partial charge is 0.338 e. The first-order valence-corrected chi connectivity index (χ1v) is 9.11. The van der Waals surface area contributed by atoms with Gasteiger partial charge in [0.2, 0.25) is 16.9 Å². The van der Waals surface area contributed by atoms with Crippen LogP contribution in [0.1, 0.15) is 37.8 Å². The fourth-order valence-corrected chi connectivity index (χ4v) is 3.49. The van der Waals surface area contributed by atoms with Crippen LogP contribution in [0.4, 0.5) is 5.13 Å². The van der Waals surface area contributed by atoms with Crippen molar-refractivity contribution < 1.29 is 9.59 Å². The number of aromatic nitrogens is 2. The van der Waals surface area contributed by atoms with E-state index in [0.29, 0.717) is 18.2 Å². The van der Waals surface area contributed by atoms with Crippen molar-refractivity contribution in [3.63, 3.8) is 0 Å². The Morgan fingerprint density at radius 3 is 2.64 bits per heavy atom. The number of benzene rings is 1. The number of amides is 2. The summed E-state index contributed by atoms with van der Waals surface area (Å²) in [5.41, 5.74) is 0.965. The molecule has 0 spiro atoms. The topological polar surface area (TPSA) is 75.2 Å². The van der Waals surface area contributed by atoms with Gasteiger partial charge in [-0.2, -0.15) is 0 Å². The van der Waals surface area contributed by atoms with E-state index in [-0.39, 0.29) is 29.6 Å². The molecule has 0 radical (unpaired) electrons. The zero-order valence-electron chi connectivity index (χ0n) is 14.7. The van der Waals surface area contributed by atoms with E-state index in [0.717, 1.165) is 10.6 Å². The Labute approximate surface area is 151 Å². The van der Waals surface area contributed by atoms with E-state index in [1.54, 1.807) is 4.90 Å². The van der Waals surface area contributed by atoms with E-state index < -0.39 is 0 Å². The predicted molar refractivity (Wildman–Crippen MR) is 97.2 cm³/mol. The Balaban J connectivity index is 1.60. The highest BCUT2D eigenvalue weighted by molar-refractivity contribution is 7.15. The van der Waals surface area contributed by atoms with Gasteiger partial charge in [-0.05, 0) is 5.56 Å². The standard InChI is InChI=1S/C18H22N4O2S/c1-18(2,3)16-20-21-17(25-16)19-15(24)13-9-14(23)22(11-13)10-12-7-5-4-6-8-12/h4-8,13H,9-11H2,1-3H3,(H,19,21,24). The third-order valence-electron chi connectivity index (χ3n) is 4.10. The van der Waals surface area contributed by atoms with Crippen molar-refractivity contribution in [3.8, 4) is 0 Å². The van der Waals surface area contributed by atoms with Crippen LogP contribution in [0.5, 0.6) is 0 Å². The summed E-state index contributed by atoms with van der Waals surface area (Å²) in [7, 11) is 0. The third-order valence-corrected chi connectivity index (χ3v) is 5.36. The maximum absolute atomic E-state index is 12.5. The zero-order valence-corrected chi connectivity index (χ0v) is 15.5. The number of carbonyl (C=O) groups excluding carboxylic acids is 2. The molecule has 132 valence electrons. The van der Waals surface area contributed by atoms with Gasteiger partial charge >= 0.3 is 0 Å². The van der Waals surface area contributed by atoms with Gasteiger partial charge in [-0.25, -0.2) is 0 Å². The fourth-order valence-electron chi connectivity index (χ4n) is 2.69. The van der Waals surface area contributed by atoms with Crippen LogP contribution >= 0.6 is 11.3 Å². The summed E-state index contributed by atoms with van der Waals surface area (Å²) in [6.07, 6.45) is 0.240. The third kappa shape index (κ3) is 4.22. The van der Waals surface area contributed by atoms with Crippen LogP contribution in [0.3, 0.4) is 0 Å². The molecule has 0 saturated carbocycles. The van der Waals surface area contributed by atoms with Crippen molar-refractivity contribution in [2.75, 3.05) is 11.9 Å². The van der Waals surface area contributed by atoms with Crippen LogP contribution in [0.15, 0.2) is 30.3 Å². The maximum atomic E-state index is 12.5. The average molecular weight is 358 g/mol. The van der Waals surface area contributed by atoms with E-state index in [4.69, 9.17) is 0 Å². The normalized spacial score (nSPS) is 17.8. The van der Waals surface area contributed by atoms with Crippen LogP contribution in [-0.4, -0.2) is 33.5 Å². The van der Waals surface area contributed by atoms with Gasteiger partial charge in [0.05, 0.1) is 5.92 Å². The highest BCUT2D eigenvalue weighted by Gasteiger charge is 2.34. The van der Waals surface area contributed by atoms with Crippen molar-refractivity contribution in [1.29, 1.82) is 0 Å². The van der Waals surface area contributed by atoms with Crippen LogP contribution in [-0.2, 0) is 21.5 Å². The summed E-state index contributed by atoms with van der Waals surface area (Å²) < 4.78 is 0. The molecule has 1 aliphatic rings. The van der Waals surface area contributed by atoms with Gasteiger partial charge in [0.1, 0.15) is 5.01 Å². The van der Waals surface area contributed by atoms with Crippen molar-refractivity contribution in [3.05, 3.63) is 40.9 Å². The highest BCUT2D eigenvalue weighted by atomic mass is 32.1. The number of nitrogens with one attached hydrogen (secondary N) is 1. The summed E-state index contributed by atoms with van der Waals surface area (Å²) in [5.74, 6) is -0.504. The summed E-state index contributed by atoms with van der Waals surface area (Å²) in [6.45, 7) is 7.13. The lowest BCUT2D eigenvalue weighted by molar-refractivity contribution is -0.128. The Bertz CT molecular complexity index is 767. The van der Waals surface area contributed by atoms with Gasteiger partial charge < -0.3 is 10.2 Å². The minimum atomic E-state index is -0.349. The summed E-state index contributed by atoms with van der Waals surface area (Å²) in [5, 5.41) is 12.3. The van der Waals surface area contributed by atoms with Crippen LogP contribution < -0.4 is 5.32 Å². The van der Waals surface area contributed by atoms with E-state index in [1.165, 1.54) is 11.3 Å². The molecule has 1 fully saturated rings. The summed E-state index contributed by atoms with van der Waals surface area (Å²) >= 11 is 1.38. The first-order valence-electron chi connectivity index (χ1n) is 8.29. The lowest BCUT2D eigenvalue weighted by Gasteiger charge is -2.16. The Kier molecular flexibility index (Phi) is 4.85. The number of rotatable bonds is 4. The molecule has 2 amide bonds. The van der Waals surface area contributed by atoms with E-state index >= 15 is 0 Å². The lowest BCUT2D eigenvalue weighted by atomic mass is 9.98. The van der Waals surface area contributed by atoms with Crippen LogP contribution in [0.2, 0.25) is 0 Å². The first-order chi connectivity index (χ1) is 11.8. The quantitative estimate of drug-likeness (QED) is 0.912. The van der Waals surface area contributed by atoms with Crippen molar-refractivity contribution >= 4 is 28.3 Å². The molecule has 2 heterocycles. The van der Waals surface area contributed by atoms with Gasteiger partial charge in [-0.1, -0.05) is 62.4 Å². The monoisotopic (exact) mass is 358 g/mol. The van der Waals surface area contributed by atoms with Gasteiger partial charge in [-0.3, -0.25) is 9.59 Å². The average Bonchev–Trinajstić information content (AvgIpc) is 3.16. The number of hydrogen-bond donors (Lipinski definition) is 1. The molecular weight excluding hydrogens is 336 g/mol. The summed E-state index contributed by atoms with van der Waals surface area (Å²) in [4.78, 5) is 26.4. The molecule has 25 heavy (non-hydrogen) atoms. The molecule has 0 bridgehead atoms. The molecule has 1 saturated heterocycles. The van der Waals surface area contributed by atoms with Crippen LogP contribution in [0, 0.1) is 5.92 Å². The predicted octanol–water partition coefficient (Wildman–Crippen LogP) is 2.82. The molecule has 1 aliphatic heterocycles. The molecular formula is C18H22N4O2S. The van der Waals surface area contributed by atoms with E-state index in [9.17, 15) is 9.59 Å². The maximum Gasteiger partial charge on any atom is 0.231 e. The van der Waals surface area contributed by atoms with Crippen molar-refractivity contribution in [2.24, 2.45) is 5.92 Å². The number of nitrogens with zero attached hydrogens (tertiary/aromatic N) is 3. The number of anilines is 1. The smallest absolute Gasteiger partial charge is 0.231 e. The van der Waals surface area contributed by atoms with Gasteiger partial charge in [-0.15, -0.1) is 10.2 Å². The molecule has 1 unspecified atom stereocenters. The highest BCUT2D eigenvalue weighted by Crippen LogP contribution is 2.28. The fraction of sp³-hybridized carbons (Fsp3) is 0.444. The molecule has 0 aliphatic carbocycles. The number of likely N-dealkylation sites (tertiary alicyclic amines) is 1.